The minimum absolute atomic E-state index is 0.212. The molecular formula is C11H15NO2. The second kappa shape index (κ2) is 5.40. The second-order valence-electron chi connectivity index (χ2n) is 3.11. The predicted octanol–water partition coefficient (Wildman–Crippen LogP) is 0.903. The molecule has 0 fully saturated rings. The van der Waals surface area contributed by atoms with Crippen LogP contribution in [-0.2, 0) is 22.4 Å². The van der Waals surface area contributed by atoms with Crippen LogP contribution in [0, 0.1) is 0 Å². The maximum absolute atomic E-state index is 10.9. The average Bonchev–Trinajstić information content (AvgIpc) is 2.21. The Kier molecular flexibility index (Phi) is 4.13. The lowest BCUT2D eigenvalue weighted by atomic mass is 10.1. The van der Waals surface area contributed by atoms with E-state index >= 15 is 0 Å². The van der Waals surface area contributed by atoms with Crippen LogP contribution in [0.1, 0.15) is 11.1 Å². The van der Waals surface area contributed by atoms with Gasteiger partial charge in [0.15, 0.2) is 0 Å². The van der Waals surface area contributed by atoms with Crippen LogP contribution in [0.5, 0.6) is 0 Å². The summed E-state index contributed by atoms with van der Waals surface area (Å²) in [6.07, 6.45) is 1.21. The maximum Gasteiger partial charge on any atom is 0.309 e. The number of carbonyl (C=O) groups is 1. The van der Waals surface area contributed by atoms with Crippen molar-refractivity contribution in [1.29, 1.82) is 0 Å². The molecule has 0 atom stereocenters. The summed E-state index contributed by atoms with van der Waals surface area (Å²) in [4.78, 5) is 10.9. The smallest absolute Gasteiger partial charge is 0.309 e. The van der Waals surface area contributed by atoms with Crippen LogP contribution in [0.2, 0.25) is 0 Å². The Balaban J connectivity index is 2.59. The Labute approximate surface area is 83.9 Å². The van der Waals surface area contributed by atoms with Crippen LogP contribution in [0.15, 0.2) is 24.3 Å². The Bertz CT molecular complexity index is 293. The van der Waals surface area contributed by atoms with Crippen LogP contribution < -0.4 is 5.73 Å². The molecule has 0 aliphatic carbocycles. The molecule has 3 heteroatoms. The third kappa shape index (κ3) is 3.18. The first-order chi connectivity index (χ1) is 6.76. The van der Waals surface area contributed by atoms with Gasteiger partial charge in [-0.1, -0.05) is 24.3 Å². The van der Waals surface area contributed by atoms with Crippen molar-refractivity contribution >= 4 is 5.97 Å². The number of hydrogen-bond acceptors (Lipinski definition) is 3. The third-order valence-corrected chi connectivity index (χ3v) is 2.03. The van der Waals surface area contributed by atoms with Gasteiger partial charge in [0.05, 0.1) is 13.5 Å². The van der Waals surface area contributed by atoms with Gasteiger partial charge in [-0.2, -0.15) is 0 Å². The second-order valence-corrected chi connectivity index (χ2v) is 3.11. The van der Waals surface area contributed by atoms with E-state index in [-0.39, 0.29) is 5.97 Å². The first kappa shape index (κ1) is 10.7. The van der Waals surface area contributed by atoms with Gasteiger partial charge in [0.2, 0.25) is 0 Å². The van der Waals surface area contributed by atoms with E-state index in [1.165, 1.54) is 12.7 Å². The SMILES string of the molecule is COC(=O)Cc1ccc(CCN)cc1. The van der Waals surface area contributed by atoms with Crippen LogP contribution in [0.25, 0.3) is 0 Å². The zero-order valence-corrected chi connectivity index (χ0v) is 8.32. The first-order valence-electron chi connectivity index (χ1n) is 4.61. The molecule has 0 aromatic heterocycles. The molecule has 1 aromatic carbocycles. The number of nitrogens with two attached hydrogens (primary N) is 1. The van der Waals surface area contributed by atoms with E-state index in [1.54, 1.807) is 0 Å². The average molecular weight is 193 g/mol. The normalized spacial score (nSPS) is 9.86. The molecule has 0 bridgehead atoms. The summed E-state index contributed by atoms with van der Waals surface area (Å²) in [6, 6.07) is 7.85. The van der Waals surface area contributed by atoms with Gasteiger partial charge in [0, 0.05) is 0 Å². The molecule has 0 aliphatic heterocycles. The Morgan fingerprint density at radius 3 is 2.36 bits per heavy atom. The van der Waals surface area contributed by atoms with Crippen molar-refractivity contribution in [2.24, 2.45) is 5.73 Å². The molecule has 0 unspecified atom stereocenters. The van der Waals surface area contributed by atoms with Gasteiger partial charge in [-0.3, -0.25) is 4.79 Å². The summed E-state index contributed by atoms with van der Waals surface area (Å²) in [6.45, 7) is 0.649. The number of esters is 1. The molecule has 0 radical (unpaired) electrons. The summed E-state index contributed by atoms with van der Waals surface area (Å²) in [5, 5.41) is 0. The minimum atomic E-state index is -0.212. The highest BCUT2D eigenvalue weighted by Crippen LogP contribution is 2.05. The lowest BCUT2D eigenvalue weighted by Gasteiger charge is -2.02. The quantitative estimate of drug-likeness (QED) is 0.723. The topological polar surface area (TPSA) is 52.3 Å². The molecule has 3 nitrogen and oxygen atoms in total. The monoisotopic (exact) mass is 193 g/mol. The molecule has 76 valence electrons. The lowest BCUT2D eigenvalue weighted by Crippen LogP contribution is -2.05. The Morgan fingerprint density at radius 2 is 1.86 bits per heavy atom. The van der Waals surface area contributed by atoms with E-state index in [4.69, 9.17) is 5.73 Å². The van der Waals surface area contributed by atoms with Gasteiger partial charge < -0.3 is 10.5 Å². The number of methoxy groups -OCH3 is 1. The van der Waals surface area contributed by atoms with E-state index in [2.05, 4.69) is 4.74 Å². The third-order valence-electron chi connectivity index (χ3n) is 2.03. The molecule has 0 saturated carbocycles. The highest BCUT2D eigenvalue weighted by molar-refractivity contribution is 5.72. The number of hydrogen-bond donors (Lipinski definition) is 1. The molecule has 0 saturated heterocycles. The van der Waals surface area contributed by atoms with Crippen molar-refractivity contribution in [2.75, 3.05) is 13.7 Å². The number of ether oxygens (including phenoxy) is 1. The van der Waals surface area contributed by atoms with Crippen LogP contribution in [-0.4, -0.2) is 19.6 Å². The summed E-state index contributed by atoms with van der Waals surface area (Å²) < 4.78 is 4.57. The molecule has 2 N–H and O–H groups in total. The van der Waals surface area contributed by atoms with Crippen molar-refractivity contribution in [2.45, 2.75) is 12.8 Å². The van der Waals surface area contributed by atoms with Crippen LogP contribution in [0.4, 0.5) is 0 Å². The highest BCUT2D eigenvalue weighted by Gasteiger charge is 2.01. The zero-order chi connectivity index (χ0) is 10.4. The van der Waals surface area contributed by atoms with E-state index in [0.717, 1.165) is 12.0 Å². The van der Waals surface area contributed by atoms with Crippen molar-refractivity contribution in [3.8, 4) is 0 Å². The van der Waals surface area contributed by atoms with Crippen molar-refractivity contribution in [3.05, 3.63) is 35.4 Å². The highest BCUT2D eigenvalue weighted by atomic mass is 16.5. The van der Waals surface area contributed by atoms with Gasteiger partial charge in [0.1, 0.15) is 0 Å². The van der Waals surface area contributed by atoms with E-state index in [1.807, 2.05) is 24.3 Å². The summed E-state index contributed by atoms with van der Waals surface area (Å²) >= 11 is 0. The summed E-state index contributed by atoms with van der Waals surface area (Å²) in [5.41, 5.74) is 7.59. The van der Waals surface area contributed by atoms with Crippen LogP contribution in [0.3, 0.4) is 0 Å². The first-order valence-corrected chi connectivity index (χ1v) is 4.61. The van der Waals surface area contributed by atoms with Gasteiger partial charge in [-0.25, -0.2) is 0 Å². The summed E-state index contributed by atoms with van der Waals surface area (Å²) in [5.74, 6) is -0.212. The van der Waals surface area contributed by atoms with E-state index in [0.29, 0.717) is 13.0 Å². The van der Waals surface area contributed by atoms with E-state index in [9.17, 15) is 4.79 Å². The lowest BCUT2D eigenvalue weighted by molar-refractivity contribution is -0.139. The standard InChI is InChI=1S/C11H15NO2/c1-14-11(13)8-10-4-2-9(3-5-10)6-7-12/h2-5H,6-8,12H2,1H3. The number of carbonyl (C=O) groups excluding carboxylic acids is 1. The summed E-state index contributed by atoms with van der Waals surface area (Å²) in [7, 11) is 1.39. The molecule has 0 amide bonds. The molecule has 1 aromatic rings. The molecule has 1 rings (SSSR count). The fourth-order valence-corrected chi connectivity index (χ4v) is 1.23. The van der Waals surface area contributed by atoms with Gasteiger partial charge in [-0.15, -0.1) is 0 Å². The number of benzene rings is 1. The van der Waals surface area contributed by atoms with Gasteiger partial charge in [0.25, 0.3) is 0 Å². The fourth-order valence-electron chi connectivity index (χ4n) is 1.23. The molecule has 0 aliphatic rings. The Morgan fingerprint density at radius 1 is 1.29 bits per heavy atom. The van der Waals surface area contributed by atoms with Gasteiger partial charge in [-0.05, 0) is 24.1 Å². The zero-order valence-electron chi connectivity index (χ0n) is 8.32. The molecule has 14 heavy (non-hydrogen) atoms. The largest absolute Gasteiger partial charge is 0.469 e. The fraction of sp³-hybridized carbons (Fsp3) is 0.364. The minimum Gasteiger partial charge on any atom is -0.469 e. The van der Waals surface area contributed by atoms with Crippen LogP contribution >= 0.6 is 0 Å². The number of rotatable bonds is 4. The molecule has 0 spiro atoms. The molecule has 0 heterocycles. The Hall–Kier alpha value is -1.35. The van der Waals surface area contributed by atoms with Crippen molar-refractivity contribution in [1.82, 2.24) is 0 Å². The van der Waals surface area contributed by atoms with Crippen molar-refractivity contribution in [3.63, 3.8) is 0 Å². The van der Waals surface area contributed by atoms with E-state index < -0.39 is 0 Å². The van der Waals surface area contributed by atoms with Gasteiger partial charge >= 0.3 is 5.97 Å². The van der Waals surface area contributed by atoms with Crippen molar-refractivity contribution < 1.29 is 9.53 Å². The predicted molar refractivity (Wildman–Crippen MR) is 54.9 cm³/mol. The molecular weight excluding hydrogens is 178 g/mol. The maximum atomic E-state index is 10.9.